The molecule has 10 nitrogen and oxygen atoms in total. The van der Waals surface area contributed by atoms with Crippen LogP contribution in [0, 0.1) is 11.6 Å². The number of hydrogen-bond acceptors (Lipinski definition) is 7. The molecule has 0 radical (unpaired) electrons. The van der Waals surface area contributed by atoms with E-state index in [-0.39, 0.29) is 28.4 Å². The monoisotopic (exact) mass is 614 g/mol. The quantitative estimate of drug-likeness (QED) is 0.229. The van der Waals surface area contributed by atoms with Gasteiger partial charge < -0.3 is 10.6 Å². The number of sulfonamides is 1. The van der Waals surface area contributed by atoms with Gasteiger partial charge in [-0.3, -0.25) is 14.2 Å². The van der Waals surface area contributed by atoms with Crippen molar-refractivity contribution in [1.82, 2.24) is 24.4 Å². The molecule has 0 spiro atoms. The Labute approximate surface area is 246 Å². The maximum absolute atomic E-state index is 13.9. The lowest BCUT2D eigenvalue weighted by molar-refractivity contribution is -0.113. The van der Waals surface area contributed by atoms with E-state index in [1.165, 1.54) is 71.0 Å². The standard InChI is InChI=1S/C28H28F2N6O4S2/c1-3-35(4-2)42(39,40)22-15-9-19(10-16-22)27(38)31-17-25-33-34-28(36(25)21-13-11-20(29)12-14-21)41-18-26(37)32-24-8-6-5-7-23(24)30/h5-16H,3-4,17-18H2,1-2H3,(H,31,38)(H,32,37). The summed E-state index contributed by atoms with van der Waals surface area (Å²) in [5.74, 6) is -1.79. The number of hydrogen-bond donors (Lipinski definition) is 2. The number of carbonyl (C=O) groups excluding carboxylic acids is 2. The van der Waals surface area contributed by atoms with Crippen LogP contribution in [0.25, 0.3) is 5.69 Å². The summed E-state index contributed by atoms with van der Waals surface area (Å²) < 4.78 is 55.9. The van der Waals surface area contributed by atoms with E-state index in [0.717, 1.165) is 11.8 Å². The fourth-order valence-corrected chi connectivity index (χ4v) is 6.22. The van der Waals surface area contributed by atoms with Crippen LogP contribution in [-0.4, -0.2) is 58.1 Å². The molecular formula is C28H28F2N6O4S2. The summed E-state index contributed by atoms with van der Waals surface area (Å²) in [4.78, 5) is 25.4. The Bertz CT molecular complexity index is 1660. The molecule has 0 fully saturated rings. The number of para-hydroxylation sites is 1. The number of thioether (sulfide) groups is 1. The summed E-state index contributed by atoms with van der Waals surface area (Å²) in [5, 5.41) is 13.8. The van der Waals surface area contributed by atoms with Gasteiger partial charge in [-0.2, -0.15) is 4.31 Å². The van der Waals surface area contributed by atoms with Crippen molar-refractivity contribution in [3.8, 4) is 5.69 Å². The molecule has 0 atom stereocenters. The third-order valence-electron chi connectivity index (χ3n) is 6.13. The van der Waals surface area contributed by atoms with E-state index in [4.69, 9.17) is 0 Å². The highest BCUT2D eigenvalue weighted by Crippen LogP contribution is 2.23. The van der Waals surface area contributed by atoms with E-state index in [9.17, 15) is 26.8 Å². The van der Waals surface area contributed by atoms with Crippen LogP contribution in [-0.2, 0) is 21.4 Å². The number of rotatable bonds is 12. The molecule has 0 saturated carbocycles. The van der Waals surface area contributed by atoms with Gasteiger partial charge in [-0.25, -0.2) is 17.2 Å². The van der Waals surface area contributed by atoms with Gasteiger partial charge in [0.1, 0.15) is 11.6 Å². The van der Waals surface area contributed by atoms with Gasteiger partial charge in [-0.05, 0) is 60.7 Å². The largest absolute Gasteiger partial charge is 0.345 e. The number of carbonyl (C=O) groups is 2. The van der Waals surface area contributed by atoms with Crippen molar-refractivity contribution in [2.24, 2.45) is 0 Å². The molecule has 14 heteroatoms. The molecular weight excluding hydrogens is 586 g/mol. The molecule has 0 bridgehead atoms. The smallest absolute Gasteiger partial charge is 0.251 e. The number of nitrogens with zero attached hydrogens (tertiary/aromatic N) is 4. The molecule has 2 amide bonds. The Morgan fingerprint density at radius 3 is 2.24 bits per heavy atom. The minimum atomic E-state index is -3.66. The summed E-state index contributed by atoms with van der Waals surface area (Å²) in [6.07, 6.45) is 0. The average Bonchev–Trinajstić information content (AvgIpc) is 3.39. The highest BCUT2D eigenvalue weighted by molar-refractivity contribution is 7.99. The maximum atomic E-state index is 13.9. The molecule has 0 aliphatic rings. The molecule has 3 aromatic carbocycles. The molecule has 4 rings (SSSR count). The first-order chi connectivity index (χ1) is 20.1. The highest BCUT2D eigenvalue weighted by Gasteiger charge is 2.22. The number of halogens is 2. The average molecular weight is 615 g/mol. The highest BCUT2D eigenvalue weighted by atomic mass is 32.2. The second-order valence-electron chi connectivity index (χ2n) is 8.82. The van der Waals surface area contributed by atoms with Gasteiger partial charge in [0, 0.05) is 24.3 Å². The van der Waals surface area contributed by atoms with Crippen molar-refractivity contribution in [3.63, 3.8) is 0 Å². The van der Waals surface area contributed by atoms with Crippen LogP contribution >= 0.6 is 11.8 Å². The van der Waals surface area contributed by atoms with E-state index >= 15 is 0 Å². The molecule has 220 valence electrons. The molecule has 42 heavy (non-hydrogen) atoms. The van der Waals surface area contributed by atoms with Crippen LogP contribution in [0.5, 0.6) is 0 Å². The topological polar surface area (TPSA) is 126 Å². The number of amides is 2. The summed E-state index contributed by atoms with van der Waals surface area (Å²) in [6, 6.07) is 16.9. The molecule has 0 aliphatic carbocycles. The first-order valence-electron chi connectivity index (χ1n) is 12.9. The summed E-state index contributed by atoms with van der Waals surface area (Å²) in [7, 11) is -3.66. The van der Waals surface area contributed by atoms with Crippen molar-refractivity contribution in [2.45, 2.75) is 30.4 Å². The zero-order valence-corrected chi connectivity index (χ0v) is 24.4. The van der Waals surface area contributed by atoms with E-state index in [2.05, 4.69) is 20.8 Å². The van der Waals surface area contributed by atoms with Gasteiger partial charge in [-0.15, -0.1) is 10.2 Å². The Hall–Kier alpha value is -4.14. The fraction of sp³-hybridized carbons (Fsp3) is 0.214. The number of anilines is 1. The normalized spacial score (nSPS) is 11.5. The summed E-state index contributed by atoms with van der Waals surface area (Å²) >= 11 is 1.03. The molecule has 0 saturated heterocycles. The Morgan fingerprint density at radius 1 is 0.929 bits per heavy atom. The molecule has 1 heterocycles. The molecule has 0 unspecified atom stereocenters. The Kier molecular flexibility index (Phi) is 10.0. The van der Waals surface area contributed by atoms with Gasteiger partial charge in [0.05, 0.1) is 22.9 Å². The van der Waals surface area contributed by atoms with E-state index < -0.39 is 33.5 Å². The lowest BCUT2D eigenvalue weighted by atomic mass is 10.2. The number of benzene rings is 3. The molecule has 2 N–H and O–H groups in total. The van der Waals surface area contributed by atoms with Crippen LogP contribution in [0.2, 0.25) is 0 Å². The third-order valence-corrected chi connectivity index (χ3v) is 9.13. The minimum Gasteiger partial charge on any atom is -0.345 e. The van der Waals surface area contributed by atoms with Crippen LogP contribution in [0.1, 0.15) is 30.0 Å². The second kappa shape index (κ2) is 13.7. The van der Waals surface area contributed by atoms with Crippen molar-refractivity contribution in [1.29, 1.82) is 0 Å². The maximum Gasteiger partial charge on any atom is 0.251 e. The lowest BCUT2D eigenvalue weighted by Gasteiger charge is -2.18. The molecule has 4 aromatic rings. The number of nitrogens with one attached hydrogen (secondary N) is 2. The number of aromatic nitrogens is 3. The Balaban J connectivity index is 1.48. The van der Waals surface area contributed by atoms with Crippen LogP contribution in [0.3, 0.4) is 0 Å². The van der Waals surface area contributed by atoms with E-state index in [1.807, 2.05) is 0 Å². The van der Waals surface area contributed by atoms with Crippen molar-refractivity contribution in [2.75, 3.05) is 24.2 Å². The van der Waals surface area contributed by atoms with Crippen LogP contribution in [0.4, 0.5) is 14.5 Å². The van der Waals surface area contributed by atoms with Gasteiger partial charge in [0.25, 0.3) is 5.91 Å². The first-order valence-corrected chi connectivity index (χ1v) is 15.3. The van der Waals surface area contributed by atoms with Gasteiger partial charge in [0.15, 0.2) is 11.0 Å². The van der Waals surface area contributed by atoms with Crippen molar-refractivity contribution >= 4 is 39.3 Å². The van der Waals surface area contributed by atoms with Crippen molar-refractivity contribution in [3.05, 3.63) is 95.8 Å². The van der Waals surface area contributed by atoms with Gasteiger partial charge in [-0.1, -0.05) is 37.7 Å². The van der Waals surface area contributed by atoms with E-state index in [1.54, 1.807) is 24.5 Å². The summed E-state index contributed by atoms with van der Waals surface area (Å²) in [6.45, 7) is 4.07. The zero-order chi connectivity index (χ0) is 30.3. The van der Waals surface area contributed by atoms with Crippen LogP contribution in [0.15, 0.2) is 82.8 Å². The lowest BCUT2D eigenvalue weighted by Crippen LogP contribution is -2.30. The van der Waals surface area contributed by atoms with Gasteiger partial charge >= 0.3 is 0 Å². The van der Waals surface area contributed by atoms with Crippen LogP contribution < -0.4 is 10.6 Å². The third kappa shape index (κ3) is 7.19. The predicted octanol–water partition coefficient (Wildman–Crippen LogP) is 4.24. The zero-order valence-electron chi connectivity index (χ0n) is 22.8. The summed E-state index contributed by atoms with van der Waals surface area (Å²) in [5.41, 5.74) is 0.777. The Morgan fingerprint density at radius 2 is 1.60 bits per heavy atom. The first kappa shape index (κ1) is 30.8. The SMILES string of the molecule is CCN(CC)S(=O)(=O)c1ccc(C(=O)NCc2nnc(SCC(=O)Nc3ccccc3F)n2-c2ccc(F)cc2)cc1. The minimum absolute atomic E-state index is 0.0465. The van der Waals surface area contributed by atoms with Gasteiger partial charge in [0.2, 0.25) is 15.9 Å². The fourth-order valence-electron chi connectivity index (χ4n) is 3.99. The molecule has 1 aromatic heterocycles. The van der Waals surface area contributed by atoms with E-state index in [0.29, 0.717) is 29.8 Å². The second-order valence-corrected chi connectivity index (χ2v) is 11.7. The van der Waals surface area contributed by atoms with Crippen molar-refractivity contribution < 1.29 is 26.8 Å². The molecule has 0 aliphatic heterocycles. The predicted molar refractivity (Wildman–Crippen MR) is 155 cm³/mol.